The summed E-state index contributed by atoms with van der Waals surface area (Å²) in [4.78, 5) is 6.44. The van der Waals surface area contributed by atoms with Crippen molar-refractivity contribution in [3.8, 4) is 0 Å². The van der Waals surface area contributed by atoms with Crippen molar-refractivity contribution in [2.24, 2.45) is 0 Å². The molecule has 0 atom stereocenters. The molecular weight excluding hydrogens is 257 g/mol. The molecule has 2 aromatic heterocycles. The van der Waals surface area contributed by atoms with Gasteiger partial charge in [-0.05, 0) is 0 Å². The van der Waals surface area contributed by atoms with Crippen molar-refractivity contribution < 1.29 is 0 Å². The third-order valence-electron chi connectivity index (χ3n) is 1.29. The molecule has 0 aliphatic heterocycles. The van der Waals surface area contributed by atoms with Crippen molar-refractivity contribution in [3.05, 3.63) is 27.7 Å². The molecule has 2 rings (SSSR count). The van der Waals surface area contributed by atoms with Crippen LogP contribution in [0.15, 0.2) is 27.7 Å². The first kappa shape index (κ1) is 6.59. The van der Waals surface area contributed by atoms with Gasteiger partial charge >= 0.3 is 72.9 Å². The fraction of sp³-hybridized carbons (Fsp3) is 0. The normalized spacial score (nSPS) is 10.5. The van der Waals surface area contributed by atoms with Crippen LogP contribution < -0.4 is 0 Å². The van der Waals surface area contributed by atoms with Gasteiger partial charge < -0.3 is 0 Å². The molecule has 0 fully saturated rings. The number of fused-ring (bicyclic) bond motifs is 1. The standard InChI is InChI=1S/C7H4BrNSe/c8-5-4-10-6-2-1-3-9-7(5)6/h1-4H. The van der Waals surface area contributed by atoms with Crippen LogP contribution >= 0.6 is 15.9 Å². The van der Waals surface area contributed by atoms with Crippen molar-refractivity contribution >= 4 is 40.2 Å². The van der Waals surface area contributed by atoms with E-state index in [2.05, 4.69) is 31.9 Å². The second-order valence-corrected chi connectivity index (χ2v) is 4.70. The maximum atomic E-state index is 4.24. The van der Waals surface area contributed by atoms with E-state index in [9.17, 15) is 0 Å². The van der Waals surface area contributed by atoms with E-state index in [1.54, 1.807) is 0 Å². The monoisotopic (exact) mass is 261 g/mol. The van der Waals surface area contributed by atoms with Crippen molar-refractivity contribution in [2.75, 3.05) is 0 Å². The summed E-state index contributed by atoms with van der Waals surface area (Å²) in [5, 5.41) is 0. The van der Waals surface area contributed by atoms with Crippen LogP contribution in [0.4, 0.5) is 0 Å². The number of aromatic nitrogens is 1. The summed E-state index contributed by atoms with van der Waals surface area (Å²) in [5.74, 6) is 0. The Morgan fingerprint density at radius 1 is 1.50 bits per heavy atom. The Hall–Kier alpha value is -0.111. The molecule has 0 N–H and O–H groups in total. The van der Waals surface area contributed by atoms with Gasteiger partial charge in [0.05, 0.1) is 0 Å². The van der Waals surface area contributed by atoms with Crippen molar-refractivity contribution in [2.45, 2.75) is 0 Å². The Bertz CT molecular complexity index is 355. The van der Waals surface area contributed by atoms with Crippen LogP contribution in [0, 0.1) is 0 Å². The van der Waals surface area contributed by atoms with Crippen LogP contribution in [0.25, 0.3) is 9.78 Å². The third-order valence-corrected chi connectivity index (χ3v) is 4.54. The first-order valence-electron chi connectivity index (χ1n) is 2.85. The van der Waals surface area contributed by atoms with E-state index in [-0.39, 0.29) is 0 Å². The number of halogens is 1. The van der Waals surface area contributed by atoms with Gasteiger partial charge in [-0.15, -0.1) is 0 Å². The Kier molecular flexibility index (Phi) is 1.64. The predicted molar refractivity (Wildman–Crippen MR) is 46.4 cm³/mol. The van der Waals surface area contributed by atoms with Crippen molar-refractivity contribution in [1.82, 2.24) is 4.98 Å². The first-order chi connectivity index (χ1) is 4.88. The number of nitrogens with zero attached hydrogens (tertiary/aromatic N) is 1. The van der Waals surface area contributed by atoms with Gasteiger partial charge in [-0.25, -0.2) is 0 Å². The molecule has 0 saturated heterocycles. The van der Waals surface area contributed by atoms with Gasteiger partial charge in [-0.2, -0.15) is 0 Å². The summed E-state index contributed by atoms with van der Waals surface area (Å²) < 4.78 is 2.53. The molecule has 0 aliphatic rings. The molecule has 3 heteroatoms. The Morgan fingerprint density at radius 3 is 3.20 bits per heavy atom. The van der Waals surface area contributed by atoms with E-state index in [4.69, 9.17) is 0 Å². The van der Waals surface area contributed by atoms with Crippen molar-refractivity contribution in [1.29, 1.82) is 0 Å². The van der Waals surface area contributed by atoms with Gasteiger partial charge in [0.2, 0.25) is 0 Å². The maximum absolute atomic E-state index is 4.24. The van der Waals surface area contributed by atoms with Gasteiger partial charge in [0, 0.05) is 0 Å². The van der Waals surface area contributed by atoms with Crippen LogP contribution in [0.1, 0.15) is 0 Å². The summed E-state index contributed by atoms with van der Waals surface area (Å²) in [6, 6.07) is 4.12. The minimum atomic E-state index is 0.502. The third kappa shape index (κ3) is 0.947. The summed E-state index contributed by atoms with van der Waals surface area (Å²) in [5.41, 5.74) is 1.13. The van der Waals surface area contributed by atoms with E-state index in [1.807, 2.05) is 12.3 Å². The zero-order chi connectivity index (χ0) is 6.97. The van der Waals surface area contributed by atoms with Crippen molar-refractivity contribution in [3.63, 3.8) is 0 Å². The number of hydrogen-bond donors (Lipinski definition) is 0. The summed E-state index contributed by atoms with van der Waals surface area (Å²) in [6.07, 6.45) is 1.83. The summed E-state index contributed by atoms with van der Waals surface area (Å²) >= 11 is 3.95. The van der Waals surface area contributed by atoms with Gasteiger partial charge in [-0.3, -0.25) is 0 Å². The number of rotatable bonds is 0. The minimum absolute atomic E-state index is 0.502. The average Bonchev–Trinajstić information content (AvgIpc) is 2.34. The van der Waals surface area contributed by atoms with Gasteiger partial charge in [0.25, 0.3) is 0 Å². The van der Waals surface area contributed by atoms with E-state index in [0.29, 0.717) is 14.5 Å². The van der Waals surface area contributed by atoms with Crippen LogP contribution in [-0.2, 0) is 0 Å². The fourth-order valence-electron chi connectivity index (χ4n) is 0.836. The van der Waals surface area contributed by atoms with Gasteiger partial charge in [0.1, 0.15) is 0 Å². The Balaban J connectivity index is 2.93. The molecule has 0 saturated carbocycles. The first-order valence-corrected chi connectivity index (χ1v) is 5.49. The Labute approximate surface area is 73.0 Å². The molecule has 1 nitrogen and oxygen atoms in total. The number of hydrogen-bond acceptors (Lipinski definition) is 1. The summed E-state index contributed by atoms with van der Waals surface area (Å²) in [6.45, 7) is 0. The van der Waals surface area contributed by atoms with Crippen LogP contribution in [0.2, 0.25) is 0 Å². The SMILES string of the molecule is Brc1c[se]c2cccnc12. The van der Waals surface area contributed by atoms with E-state index in [0.717, 1.165) is 9.99 Å². The molecule has 0 spiro atoms. The molecule has 0 radical (unpaired) electrons. The van der Waals surface area contributed by atoms with E-state index in [1.165, 1.54) is 4.26 Å². The average molecular weight is 261 g/mol. The zero-order valence-electron chi connectivity index (χ0n) is 5.04. The predicted octanol–water partition coefficient (Wildman–Crippen LogP) is 2.05. The molecule has 0 aliphatic carbocycles. The molecular formula is C7H4BrNSe. The Morgan fingerprint density at radius 2 is 2.40 bits per heavy atom. The molecule has 2 aromatic rings. The topological polar surface area (TPSA) is 12.9 Å². The summed E-state index contributed by atoms with van der Waals surface area (Å²) in [7, 11) is 0. The van der Waals surface area contributed by atoms with Crippen LogP contribution in [0.5, 0.6) is 0 Å². The zero-order valence-corrected chi connectivity index (χ0v) is 8.34. The quantitative estimate of drug-likeness (QED) is 0.661. The fourth-order valence-corrected chi connectivity index (χ4v) is 3.56. The molecule has 0 bridgehead atoms. The molecule has 50 valence electrons. The molecule has 0 aromatic carbocycles. The van der Waals surface area contributed by atoms with E-state index >= 15 is 0 Å². The molecule has 0 amide bonds. The molecule has 0 unspecified atom stereocenters. The second-order valence-electron chi connectivity index (χ2n) is 1.93. The van der Waals surface area contributed by atoms with E-state index < -0.39 is 0 Å². The molecule has 2 heterocycles. The van der Waals surface area contributed by atoms with Gasteiger partial charge in [0.15, 0.2) is 0 Å². The second kappa shape index (κ2) is 2.50. The molecule has 10 heavy (non-hydrogen) atoms. The van der Waals surface area contributed by atoms with Gasteiger partial charge in [-0.1, -0.05) is 0 Å². The van der Waals surface area contributed by atoms with Crippen LogP contribution in [-0.4, -0.2) is 19.5 Å². The number of pyridine rings is 1. The van der Waals surface area contributed by atoms with Crippen LogP contribution in [0.3, 0.4) is 0 Å².